The van der Waals surface area contributed by atoms with Crippen LogP contribution in [0.25, 0.3) is 0 Å². The Hall–Kier alpha value is -1.97. The molecule has 0 aliphatic carbocycles. The molecule has 0 aliphatic heterocycles. The summed E-state index contributed by atoms with van der Waals surface area (Å²) in [7, 11) is 0. The summed E-state index contributed by atoms with van der Waals surface area (Å²) in [5.41, 5.74) is 6.94. The SMILES string of the molecule is Nc1ccc(CCc2ccccc2F)nn1. The molecule has 0 saturated heterocycles. The third-order valence-corrected chi connectivity index (χ3v) is 2.35. The minimum atomic E-state index is -0.175. The molecule has 0 saturated carbocycles. The van der Waals surface area contributed by atoms with Crippen LogP contribution in [0.2, 0.25) is 0 Å². The number of rotatable bonds is 3. The molecule has 0 unspecified atom stereocenters. The van der Waals surface area contributed by atoms with Crippen LogP contribution in [-0.2, 0) is 12.8 Å². The summed E-state index contributed by atoms with van der Waals surface area (Å²) in [6.45, 7) is 0. The maximum Gasteiger partial charge on any atom is 0.146 e. The molecule has 4 heteroatoms. The van der Waals surface area contributed by atoms with Gasteiger partial charge in [-0.3, -0.25) is 0 Å². The smallest absolute Gasteiger partial charge is 0.146 e. The normalized spacial score (nSPS) is 10.3. The Bertz CT molecular complexity index is 468. The fourth-order valence-electron chi connectivity index (χ4n) is 1.47. The van der Waals surface area contributed by atoms with Crippen LogP contribution in [0.15, 0.2) is 36.4 Å². The zero-order valence-corrected chi connectivity index (χ0v) is 8.73. The molecule has 0 amide bonds. The van der Waals surface area contributed by atoms with Gasteiger partial charge < -0.3 is 5.73 Å². The summed E-state index contributed by atoms with van der Waals surface area (Å²) in [6.07, 6.45) is 1.28. The van der Waals surface area contributed by atoms with E-state index in [9.17, 15) is 4.39 Å². The van der Waals surface area contributed by atoms with Gasteiger partial charge >= 0.3 is 0 Å². The second kappa shape index (κ2) is 4.70. The number of aryl methyl sites for hydroxylation is 2. The fraction of sp³-hybridized carbons (Fsp3) is 0.167. The van der Waals surface area contributed by atoms with Gasteiger partial charge in [-0.15, -0.1) is 5.10 Å². The number of nitrogens with two attached hydrogens (primary N) is 1. The molecule has 2 rings (SSSR count). The first-order valence-electron chi connectivity index (χ1n) is 5.07. The van der Waals surface area contributed by atoms with E-state index in [1.807, 2.05) is 12.1 Å². The Morgan fingerprint density at radius 3 is 2.50 bits per heavy atom. The van der Waals surface area contributed by atoms with Crippen molar-refractivity contribution in [2.24, 2.45) is 0 Å². The molecular formula is C12H12FN3. The third-order valence-electron chi connectivity index (χ3n) is 2.35. The van der Waals surface area contributed by atoms with Gasteiger partial charge in [0.15, 0.2) is 0 Å². The van der Waals surface area contributed by atoms with Gasteiger partial charge in [0.2, 0.25) is 0 Å². The van der Waals surface area contributed by atoms with Gasteiger partial charge in [0, 0.05) is 0 Å². The van der Waals surface area contributed by atoms with E-state index in [-0.39, 0.29) is 5.82 Å². The first kappa shape index (κ1) is 10.5. The summed E-state index contributed by atoms with van der Waals surface area (Å²) in [5.74, 6) is 0.223. The molecule has 82 valence electrons. The predicted octanol–water partition coefficient (Wildman–Crippen LogP) is 1.98. The van der Waals surface area contributed by atoms with E-state index in [0.717, 1.165) is 5.69 Å². The minimum absolute atomic E-state index is 0.175. The standard InChI is InChI=1S/C12H12FN3/c13-11-4-2-1-3-9(11)5-6-10-7-8-12(14)16-15-10/h1-4,7-8H,5-6H2,(H2,14,16). The topological polar surface area (TPSA) is 51.8 Å². The average molecular weight is 217 g/mol. The summed E-state index contributed by atoms with van der Waals surface area (Å²) in [5, 5.41) is 7.67. The maximum absolute atomic E-state index is 13.3. The zero-order valence-electron chi connectivity index (χ0n) is 8.73. The van der Waals surface area contributed by atoms with Crippen molar-refractivity contribution >= 4 is 5.82 Å². The molecule has 0 atom stereocenters. The molecule has 1 heterocycles. The highest BCUT2D eigenvalue weighted by molar-refractivity contribution is 5.26. The molecular weight excluding hydrogens is 205 g/mol. The monoisotopic (exact) mass is 217 g/mol. The van der Waals surface area contributed by atoms with Crippen molar-refractivity contribution in [1.82, 2.24) is 10.2 Å². The molecule has 16 heavy (non-hydrogen) atoms. The van der Waals surface area contributed by atoms with Crippen molar-refractivity contribution < 1.29 is 4.39 Å². The third kappa shape index (κ3) is 2.53. The van der Waals surface area contributed by atoms with Crippen LogP contribution < -0.4 is 5.73 Å². The number of hydrogen-bond donors (Lipinski definition) is 1. The molecule has 1 aromatic carbocycles. The van der Waals surface area contributed by atoms with E-state index in [4.69, 9.17) is 5.73 Å². The van der Waals surface area contributed by atoms with Gasteiger partial charge in [-0.05, 0) is 36.6 Å². The van der Waals surface area contributed by atoms with E-state index >= 15 is 0 Å². The summed E-state index contributed by atoms with van der Waals surface area (Å²) < 4.78 is 13.3. The van der Waals surface area contributed by atoms with E-state index in [0.29, 0.717) is 24.2 Å². The number of halogens is 1. The first-order valence-corrected chi connectivity index (χ1v) is 5.07. The fourth-order valence-corrected chi connectivity index (χ4v) is 1.47. The molecule has 1 aromatic heterocycles. The van der Waals surface area contributed by atoms with Gasteiger partial charge in [-0.1, -0.05) is 18.2 Å². The largest absolute Gasteiger partial charge is 0.382 e. The van der Waals surface area contributed by atoms with E-state index in [1.54, 1.807) is 18.2 Å². The minimum Gasteiger partial charge on any atom is -0.382 e. The van der Waals surface area contributed by atoms with Gasteiger partial charge in [0.1, 0.15) is 11.6 Å². The zero-order chi connectivity index (χ0) is 11.4. The first-order chi connectivity index (χ1) is 7.75. The molecule has 0 radical (unpaired) electrons. The Kier molecular flexibility index (Phi) is 3.10. The predicted molar refractivity (Wildman–Crippen MR) is 60.3 cm³/mol. The molecule has 0 bridgehead atoms. The van der Waals surface area contributed by atoms with E-state index < -0.39 is 0 Å². The highest BCUT2D eigenvalue weighted by Gasteiger charge is 2.02. The number of anilines is 1. The lowest BCUT2D eigenvalue weighted by atomic mass is 10.1. The van der Waals surface area contributed by atoms with Crippen LogP contribution in [0.4, 0.5) is 10.2 Å². The highest BCUT2D eigenvalue weighted by atomic mass is 19.1. The maximum atomic E-state index is 13.3. The number of nitrogens with zero attached hydrogens (tertiary/aromatic N) is 2. The molecule has 0 aliphatic rings. The van der Waals surface area contributed by atoms with Gasteiger partial charge in [0.25, 0.3) is 0 Å². The van der Waals surface area contributed by atoms with Crippen LogP contribution in [-0.4, -0.2) is 10.2 Å². The van der Waals surface area contributed by atoms with Crippen LogP contribution in [0.3, 0.4) is 0 Å². The van der Waals surface area contributed by atoms with Gasteiger partial charge in [-0.25, -0.2) is 4.39 Å². The van der Waals surface area contributed by atoms with Crippen LogP contribution in [0.1, 0.15) is 11.3 Å². The van der Waals surface area contributed by atoms with Crippen molar-refractivity contribution in [2.45, 2.75) is 12.8 Å². The molecule has 3 nitrogen and oxygen atoms in total. The summed E-state index contributed by atoms with van der Waals surface area (Å²) >= 11 is 0. The van der Waals surface area contributed by atoms with Gasteiger partial charge in [0.05, 0.1) is 5.69 Å². The van der Waals surface area contributed by atoms with Crippen LogP contribution in [0, 0.1) is 5.82 Å². The van der Waals surface area contributed by atoms with Crippen molar-refractivity contribution in [3.8, 4) is 0 Å². The molecule has 2 aromatic rings. The molecule has 2 N–H and O–H groups in total. The van der Waals surface area contributed by atoms with Gasteiger partial charge in [-0.2, -0.15) is 5.10 Å². The second-order valence-corrected chi connectivity index (χ2v) is 3.54. The van der Waals surface area contributed by atoms with Crippen molar-refractivity contribution in [3.63, 3.8) is 0 Å². The van der Waals surface area contributed by atoms with Crippen molar-refractivity contribution in [3.05, 3.63) is 53.5 Å². The van der Waals surface area contributed by atoms with E-state index in [1.165, 1.54) is 6.07 Å². The Labute approximate surface area is 93.1 Å². The molecule has 0 spiro atoms. The lowest BCUT2D eigenvalue weighted by Crippen LogP contribution is -2.00. The van der Waals surface area contributed by atoms with Crippen LogP contribution in [0.5, 0.6) is 0 Å². The van der Waals surface area contributed by atoms with E-state index in [2.05, 4.69) is 10.2 Å². The lowest BCUT2D eigenvalue weighted by Gasteiger charge is -2.02. The number of nitrogen functional groups attached to an aromatic ring is 1. The Balaban J connectivity index is 2.02. The highest BCUT2D eigenvalue weighted by Crippen LogP contribution is 2.09. The number of benzene rings is 1. The van der Waals surface area contributed by atoms with Crippen molar-refractivity contribution in [1.29, 1.82) is 0 Å². The second-order valence-electron chi connectivity index (χ2n) is 3.54. The summed E-state index contributed by atoms with van der Waals surface area (Å²) in [6, 6.07) is 10.3. The Morgan fingerprint density at radius 2 is 1.81 bits per heavy atom. The lowest BCUT2D eigenvalue weighted by molar-refractivity contribution is 0.607. The molecule has 0 fully saturated rings. The van der Waals surface area contributed by atoms with Crippen LogP contribution >= 0.6 is 0 Å². The number of aromatic nitrogens is 2. The summed E-state index contributed by atoms with van der Waals surface area (Å²) in [4.78, 5) is 0. The number of hydrogen-bond acceptors (Lipinski definition) is 3. The Morgan fingerprint density at radius 1 is 1.00 bits per heavy atom. The van der Waals surface area contributed by atoms with Crippen molar-refractivity contribution in [2.75, 3.05) is 5.73 Å². The average Bonchev–Trinajstić information content (AvgIpc) is 2.30. The quantitative estimate of drug-likeness (QED) is 0.855.